The summed E-state index contributed by atoms with van der Waals surface area (Å²) >= 11 is 5.89. The average molecular weight is 302 g/mol. The number of hydrogen-bond donors (Lipinski definition) is 0. The van der Waals surface area contributed by atoms with Gasteiger partial charge < -0.3 is 0 Å². The highest BCUT2D eigenvalue weighted by atomic mass is 35.5. The third-order valence-electron chi connectivity index (χ3n) is 2.74. The number of benzene rings is 1. The number of sulfone groups is 1. The van der Waals surface area contributed by atoms with Gasteiger partial charge in [-0.25, -0.2) is 8.42 Å². The second kappa shape index (κ2) is 4.94. The van der Waals surface area contributed by atoms with Crippen LogP contribution in [0, 0.1) is 0 Å². The van der Waals surface area contributed by atoms with Crippen LogP contribution in [0.15, 0.2) is 24.3 Å². The second-order valence-electron chi connectivity index (χ2n) is 4.46. The van der Waals surface area contributed by atoms with Gasteiger partial charge in [-0.3, -0.25) is 14.5 Å². The lowest BCUT2D eigenvalue weighted by atomic mass is 10.1. The fraction of sp³-hybridized carbons (Fsp3) is 0.333. The van der Waals surface area contributed by atoms with Gasteiger partial charge in [0.15, 0.2) is 0 Å². The first-order chi connectivity index (χ1) is 8.79. The molecule has 0 aromatic heterocycles. The molecule has 1 atom stereocenters. The number of alkyl halides is 1. The maximum atomic E-state index is 12.0. The summed E-state index contributed by atoms with van der Waals surface area (Å²) < 4.78 is 22.2. The van der Waals surface area contributed by atoms with Gasteiger partial charge in [-0.2, -0.15) is 0 Å². The molecule has 0 bridgehead atoms. The normalized spacial score (nSPS) is 16.6. The van der Waals surface area contributed by atoms with Crippen molar-refractivity contribution in [2.45, 2.75) is 5.38 Å². The van der Waals surface area contributed by atoms with Gasteiger partial charge in [-0.1, -0.05) is 12.1 Å². The van der Waals surface area contributed by atoms with Crippen molar-refractivity contribution in [3.05, 3.63) is 35.4 Å². The van der Waals surface area contributed by atoms with Crippen LogP contribution in [0.5, 0.6) is 0 Å². The minimum absolute atomic E-state index is 0.110. The molecule has 1 aliphatic heterocycles. The van der Waals surface area contributed by atoms with Crippen LogP contribution in [-0.2, 0) is 9.84 Å². The van der Waals surface area contributed by atoms with Crippen LogP contribution in [0.3, 0.4) is 0 Å². The molecule has 1 unspecified atom stereocenters. The first-order valence-corrected chi connectivity index (χ1v) is 8.06. The van der Waals surface area contributed by atoms with E-state index in [1.807, 2.05) is 0 Å². The van der Waals surface area contributed by atoms with Crippen LogP contribution in [0.2, 0.25) is 0 Å². The minimum atomic E-state index is -3.25. The predicted octanol–water partition coefficient (Wildman–Crippen LogP) is 0.935. The van der Waals surface area contributed by atoms with E-state index in [-0.39, 0.29) is 12.3 Å². The molecule has 7 heteroatoms. The zero-order valence-corrected chi connectivity index (χ0v) is 11.7. The fourth-order valence-electron chi connectivity index (χ4n) is 1.98. The molecule has 2 rings (SSSR count). The lowest BCUT2D eigenvalue weighted by molar-refractivity contribution is 0.0655. The topological polar surface area (TPSA) is 71.5 Å². The number of rotatable bonds is 4. The van der Waals surface area contributed by atoms with Crippen molar-refractivity contribution < 1.29 is 18.0 Å². The summed E-state index contributed by atoms with van der Waals surface area (Å²) in [5, 5.41) is -0.808. The molecule has 0 radical (unpaired) electrons. The highest BCUT2D eigenvalue weighted by Crippen LogP contribution is 2.23. The van der Waals surface area contributed by atoms with Crippen molar-refractivity contribution in [3.8, 4) is 0 Å². The number of carbonyl (C=O) groups is 2. The standard InChI is InChI=1S/C12H12ClNO4S/c1-19(17,18)7-8(13)6-14-11(15)9-4-2-3-5-10(9)12(14)16/h2-5,8H,6-7H2,1H3. The summed E-state index contributed by atoms with van der Waals surface area (Å²) in [6, 6.07) is 6.47. The molecule has 0 saturated heterocycles. The SMILES string of the molecule is CS(=O)(=O)CC(Cl)CN1C(=O)c2ccccc2C1=O. The van der Waals surface area contributed by atoms with Gasteiger partial charge >= 0.3 is 0 Å². The Morgan fingerprint density at radius 1 is 1.16 bits per heavy atom. The molecule has 0 N–H and O–H groups in total. The van der Waals surface area contributed by atoms with E-state index in [2.05, 4.69) is 0 Å². The second-order valence-corrected chi connectivity index (χ2v) is 7.26. The van der Waals surface area contributed by atoms with E-state index in [1.54, 1.807) is 24.3 Å². The van der Waals surface area contributed by atoms with E-state index >= 15 is 0 Å². The summed E-state index contributed by atoms with van der Waals surface area (Å²) in [4.78, 5) is 25.0. The molecule has 0 saturated carbocycles. The van der Waals surface area contributed by atoms with Crippen molar-refractivity contribution >= 4 is 33.3 Å². The Kier molecular flexibility index (Phi) is 3.64. The first-order valence-electron chi connectivity index (χ1n) is 5.56. The molecular formula is C12H12ClNO4S. The Hall–Kier alpha value is -1.40. The number of hydrogen-bond acceptors (Lipinski definition) is 4. The van der Waals surface area contributed by atoms with Crippen LogP contribution >= 0.6 is 11.6 Å². The van der Waals surface area contributed by atoms with Gasteiger partial charge in [0, 0.05) is 12.8 Å². The highest BCUT2D eigenvalue weighted by Gasteiger charge is 2.36. The molecule has 19 heavy (non-hydrogen) atoms. The van der Waals surface area contributed by atoms with E-state index < -0.39 is 27.0 Å². The number of carbonyl (C=O) groups excluding carboxylic acids is 2. The van der Waals surface area contributed by atoms with Crippen molar-refractivity contribution in [1.82, 2.24) is 4.90 Å². The summed E-state index contributed by atoms with van der Waals surface area (Å²) in [6.07, 6.45) is 1.06. The summed E-state index contributed by atoms with van der Waals surface area (Å²) in [5.74, 6) is -1.14. The zero-order valence-electron chi connectivity index (χ0n) is 10.2. The highest BCUT2D eigenvalue weighted by molar-refractivity contribution is 7.90. The molecule has 0 spiro atoms. The molecule has 1 aromatic rings. The Balaban J connectivity index is 2.17. The number of nitrogens with zero attached hydrogens (tertiary/aromatic N) is 1. The van der Waals surface area contributed by atoms with Crippen molar-refractivity contribution in [2.24, 2.45) is 0 Å². The molecule has 102 valence electrons. The van der Waals surface area contributed by atoms with E-state index in [9.17, 15) is 18.0 Å². The smallest absolute Gasteiger partial charge is 0.261 e. The predicted molar refractivity (Wildman–Crippen MR) is 71.2 cm³/mol. The largest absolute Gasteiger partial charge is 0.273 e. The number of imide groups is 1. The maximum absolute atomic E-state index is 12.0. The van der Waals surface area contributed by atoms with Gasteiger partial charge in [-0.15, -0.1) is 11.6 Å². The third-order valence-corrected chi connectivity index (χ3v) is 4.23. The number of halogens is 1. The van der Waals surface area contributed by atoms with Gasteiger partial charge in [0.25, 0.3) is 11.8 Å². The van der Waals surface area contributed by atoms with Crippen molar-refractivity contribution in [2.75, 3.05) is 18.6 Å². The average Bonchev–Trinajstić information content (AvgIpc) is 2.53. The number of fused-ring (bicyclic) bond motifs is 1. The molecule has 0 fully saturated rings. The molecule has 0 aliphatic carbocycles. The van der Waals surface area contributed by atoms with Crippen molar-refractivity contribution in [1.29, 1.82) is 0 Å². The van der Waals surface area contributed by atoms with Crippen LogP contribution < -0.4 is 0 Å². The van der Waals surface area contributed by atoms with Gasteiger partial charge in [0.1, 0.15) is 9.84 Å². The quantitative estimate of drug-likeness (QED) is 0.613. The molecule has 5 nitrogen and oxygen atoms in total. The lowest BCUT2D eigenvalue weighted by Gasteiger charge is -2.17. The molecule has 2 amide bonds. The van der Waals surface area contributed by atoms with E-state index in [0.29, 0.717) is 11.1 Å². The van der Waals surface area contributed by atoms with E-state index in [1.165, 1.54) is 0 Å². The monoisotopic (exact) mass is 301 g/mol. The molecule has 1 aromatic carbocycles. The molecular weight excluding hydrogens is 290 g/mol. The Morgan fingerprint density at radius 3 is 2.05 bits per heavy atom. The van der Waals surface area contributed by atoms with Crippen molar-refractivity contribution in [3.63, 3.8) is 0 Å². The van der Waals surface area contributed by atoms with Crippen LogP contribution in [-0.4, -0.2) is 49.1 Å². The van der Waals surface area contributed by atoms with Crippen LogP contribution in [0.4, 0.5) is 0 Å². The Bertz CT molecular complexity index is 606. The van der Waals surface area contributed by atoms with E-state index in [0.717, 1.165) is 11.2 Å². The summed E-state index contributed by atoms with van der Waals surface area (Å²) in [7, 11) is -3.25. The van der Waals surface area contributed by atoms with Gasteiger partial charge in [0.2, 0.25) is 0 Å². The van der Waals surface area contributed by atoms with E-state index in [4.69, 9.17) is 11.6 Å². The summed E-state index contributed by atoms with van der Waals surface area (Å²) in [5.41, 5.74) is 0.659. The molecule has 1 aliphatic rings. The van der Waals surface area contributed by atoms with Crippen LogP contribution in [0.25, 0.3) is 0 Å². The van der Waals surface area contributed by atoms with Gasteiger partial charge in [-0.05, 0) is 12.1 Å². The zero-order chi connectivity index (χ0) is 14.2. The number of amides is 2. The summed E-state index contributed by atoms with van der Waals surface area (Å²) in [6.45, 7) is -0.110. The third kappa shape index (κ3) is 2.96. The van der Waals surface area contributed by atoms with Crippen LogP contribution in [0.1, 0.15) is 20.7 Å². The Labute approximate surface area is 116 Å². The minimum Gasteiger partial charge on any atom is -0.273 e. The maximum Gasteiger partial charge on any atom is 0.261 e. The first kappa shape index (κ1) is 14.0. The Morgan fingerprint density at radius 2 is 1.63 bits per heavy atom. The lowest BCUT2D eigenvalue weighted by Crippen LogP contribution is -2.37. The fourth-order valence-corrected chi connectivity index (χ4v) is 3.57. The van der Waals surface area contributed by atoms with Gasteiger partial charge in [0.05, 0.1) is 22.3 Å². The molecule has 1 heterocycles.